The summed E-state index contributed by atoms with van der Waals surface area (Å²) in [6, 6.07) is 12.4. The van der Waals surface area contributed by atoms with Gasteiger partial charge in [-0.3, -0.25) is 4.90 Å². The average Bonchev–Trinajstić information content (AvgIpc) is 2.53. The number of ether oxygens (including phenoxy) is 1. The molecule has 1 aliphatic heterocycles. The van der Waals surface area contributed by atoms with E-state index in [0.29, 0.717) is 12.5 Å². The number of hydrogen-bond donors (Lipinski definition) is 1. The van der Waals surface area contributed by atoms with Gasteiger partial charge in [0.25, 0.3) is 0 Å². The zero-order chi connectivity index (χ0) is 15.3. The number of hydrogen-bond acceptors (Lipinski definition) is 4. The predicted molar refractivity (Wildman–Crippen MR) is 83.6 cm³/mol. The predicted octanol–water partition coefficient (Wildman–Crippen LogP) is 2.25. The lowest BCUT2D eigenvalue weighted by molar-refractivity contribution is -0.0571. The first-order chi connectivity index (χ1) is 10.1. The number of morpholine rings is 1. The van der Waals surface area contributed by atoms with Crippen LogP contribution in [0.3, 0.4) is 0 Å². The number of nitrogens with zero attached hydrogens (tertiary/aromatic N) is 2. The molecule has 3 unspecified atom stereocenters. The number of nitrogens with two attached hydrogens (primary N) is 1. The van der Waals surface area contributed by atoms with Gasteiger partial charge in [-0.25, -0.2) is 0 Å². The molecule has 114 valence electrons. The van der Waals surface area contributed by atoms with Crippen molar-refractivity contribution in [1.29, 1.82) is 5.26 Å². The molecule has 0 spiro atoms. The van der Waals surface area contributed by atoms with E-state index in [1.165, 1.54) is 0 Å². The molecule has 1 saturated heterocycles. The Kier molecular flexibility index (Phi) is 5.35. The minimum Gasteiger partial charge on any atom is -0.376 e. The molecule has 1 heterocycles. The first-order valence-corrected chi connectivity index (χ1v) is 7.70. The van der Waals surface area contributed by atoms with Crippen LogP contribution in [-0.4, -0.2) is 36.7 Å². The summed E-state index contributed by atoms with van der Waals surface area (Å²) >= 11 is 0. The third-order valence-electron chi connectivity index (χ3n) is 4.33. The Morgan fingerprint density at radius 1 is 1.43 bits per heavy atom. The van der Waals surface area contributed by atoms with E-state index in [1.807, 2.05) is 30.3 Å². The van der Waals surface area contributed by atoms with Gasteiger partial charge in [0.1, 0.15) is 5.54 Å². The third-order valence-corrected chi connectivity index (χ3v) is 4.33. The van der Waals surface area contributed by atoms with E-state index in [-0.39, 0.29) is 6.10 Å². The summed E-state index contributed by atoms with van der Waals surface area (Å²) in [6.45, 7) is 6.78. The highest BCUT2D eigenvalue weighted by Crippen LogP contribution is 2.23. The standard InChI is InChI=1S/C17H25N3O/c1-3-16-12-21-14(2)11-20(16)10-9-17(19,13-18)15-7-5-4-6-8-15/h4-8,14,16H,3,9-12,19H2,1-2H3. The third kappa shape index (κ3) is 3.82. The fourth-order valence-corrected chi connectivity index (χ4v) is 2.88. The van der Waals surface area contributed by atoms with Gasteiger partial charge >= 0.3 is 0 Å². The van der Waals surface area contributed by atoms with Gasteiger partial charge in [-0.2, -0.15) is 5.26 Å². The summed E-state index contributed by atoms with van der Waals surface area (Å²) in [5, 5.41) is 9.53. The molecule has 2 rings (SSSR count). The molecule has 3 atom stereocenters. The van der Waals surface area contributed by atoms with E-state index >= 15 is 0 Å². The summed E-state index contributed by atoms with van der Waals surface area (Å²) in [5.41, 5.74) is 6.31. The van der Waals surface area contributed by atoms with Crippen LogP contribution in [0.15, 0.2) is 30.3 Å². The SMILES string of the molecule is CCC1COC(C)CN1CCC(N)(C#N)c1ccccc1. The fourth-order valence-electron chi connectivity index (χ4n) is 2.88. The van der Waals surface area contributed by atoms with Gasteiger partial charge in [-0.15, -0.1) is 0 Å². The molecular weight excluding hydrogens is 262 g/mol. The van der Waals surface area contributed by atoms with Crippen molar-refractivity contribution in [3.05, 3.63) is 35.9 Å². The van der Waals surface area contributed by atoms with Crippen LogP contribution in [0.25, 0.3) is 0 Å². The van der Waals surface area contributed by atoms with Crippen molar-refractivity contribution < 1.29 is 4.74 Å². The highest BCUT2D eigenvalue weighted by atomic mass is 16.5. The van der Waals surface area contributed by atoms with Gasteiger partial charge in [0, 0.05) is 19.1 Å². The maximum atomic E-state index is 9.53. The highest BCUT2D eigenvalue weighted by molar-refractivity contribution is 5.30. The Balaban J connectivity index is 2.04. The second kappa shape index (κ2) is 7.04. The van der Waals surface area contributed by atoms with Crippen LogP contribution in [0.1, 0.15) is 32.3 Å². The molecule has 0 amide bonds. The zero-order valence-electron chi connectivity index (χ0n) is 13.0. The van der Waals surface area contributed by atoms with E-state index in [0.717, 1.165) is 31.7 Å². The molecule has 0 radical (unpaired) electrons. The van der Waals surface area contributed by atoms with Crippen molar-refractivity contribution in [3.8, 4) is 6.07 Å². The lowest BCUT2D eigenvalue weighted by Gasteiger charge is -2.39. The van der Waals surface area contributed by atoms with Crippen LogP contribution in [0, 0.1) is 11.3 Å². The van der Waals surface area contributed by atoms with E-state index in [1.54, 1.807) is 0 Å². The zero-order valence-corrected chi connectivity index (χ0v) is 13.0. The van der Waals surface area contributed by atoms with Crippen LogP contribution in [0.4, 0.5) is 0 Å². The molecule has 1 aromatic carbocycles. The lowest BCUT2D eigenvalue weighted by atomic mass is 9.88. The maximum Gasteiger partial charge on any atom is 0.131 e. The van der Waals surface area contributed by atoms with Gasteiger partial charge in [0.2, 0.25) is 0 Å². The van der Waals surface area contributed by atoms with Crippen molar-refractivity contribution >= 4 is 0 Å². The number of benzene rings is 1. The van der Waals surface area contributed by atoms with Crippen LogP contribution in [-0.2, 0) is 10.3 Å². The van der Waals surface area contributed by atoms with Crippen molar-refractivity contribution in [2.45, 2.75) is 44.4 Å². The minimum absolute atomic E-state index is 0.249. The van der Waals surface area contributed by atoms with E-state index in [9.17, 15) is 5.26 Å². The molecular formula is C17H25N3O. The monoisotopic (exact) mass is 287 g/mol. The molecule has 0 saturated carbocycles. The van der Waals surface area contributed by atoms with Gasteiger partial charge in [0.15, 0.2) is 0 Å². The Bertz CT molecular complexity index is 485. The topological polar surface area (TPSA) is 62.3 Å². The second-order valence-electron chi connectivity index (χ2n) is 5.90. The fraction of sp³-hybridized carbons (Fsp3) is 0.588. The highest BCUT2D eigenvalue weighted by Gasteiger charge is 2.31. The molecule has 2 N–H and O–H groups in total. The lowest BCUT2D eigenvalue weighted by Crippen LogP contribution is -2.50. The molecule has 1 aromatic rings. The van der Waals surface area contributed by atoms with Crippen molar-refractivity contribution in [2.75, 3.05) is 19.7 Å². The molecule has 4 heteroatoms. The van der Waals surface area contributed by atoms with Crippen LogP contribution in [0.5, 0.6) is 0 Å². The van der Waals surface area contributed by atoms with Crippen molar-refractivity contribution in [2.24, 2.45) is 5.73 Å². The van der Waals surface area contributed by atoms with Crippen molar-refractivity contribution in [1.82, 2.24) is 4.90 Å². The van der Waals surface area contributed by atoms with Crippen LogP contribution in [0.2, 0.25) is 0 Å². The summed E-state index contributed by atoms with van der Waals surface area (Å²) in [6.07, 6.45) is 1.94. The molecule has 4 nitrogen and oxygen atoms in total. The second-order valence-corrected chi connectivity index (χ2v) is 5.90. The van der Waals surface area contributed by atoms with Crippen LogP contribution >= 0.6 is 0 Å². The van der Waals surface area contributed by atoms with E-state index in [2.05, 4.69) is 24.8 Å². The van der Waals surface area contributed by atoms with Crippen LogP contribution < -0.4 is 5.73 Å². The average molecular weight is 287 g/mol. The normalized spacial score (nSPS) is 26.0. The van der Waals surface area contributed by atoms with E-state index < -0.39 is 5.54 Å². The van der Waals surface area contributed by atoms with Crippen molar-refractivity contribution in [3.63, 3.8) is 0 Å². The van der Waals surface area contributed by atoms with Gasteiger partial charge < -0.3 is 10.5 Å². The Morgan fingerprint density at radius 2 is 2.14 bits per heavy atom. The molecule has 0 aromatic heterocycles. The van der Waals surface area contributed by atoms with Gasteiger partial charge in [0.05, 0.1) is 18.8 Å². The first kappa shape index (κ1) is 16.0. The minimum atomic E-state index is -0.916. The quantitative estimate of drug-likeness (QED) is 0.902. The summed E-state index contributed by atoms with van der Waals surface area (Å²) in [4.78, 5) is 2.41. The molecule has 1 aliphatic rings. The number of nitriles is 1. The smallest absolute Gasteiger partial charge is 0.131 e. The molecule has 0 aliphatic carbocycles. The largest absolute Gasteiger partial charge is 0.376 e. The Morgan fingerprint density at radius 3 is 2.76 bits per heavy atom. The van der Waals surface area contributed by atoms with E-state index in [4.69, 9.17) is 10.5 Å². The summed E-state index contributed by atoms with van der Waals surface area (Å²) < 4.78 is 5.72. The first-order valence-electron chi connectivity index (χ1n) is 7.70. The number of rotatable bonds is 5. The molecule has 21 heavy (non-hydrogen) atoms. The Hall–Kier alpha value is -1.41. The summed E-state index contributed by atoms with van der Waals surface area (Å²) in [7, 11) is 0. The molecule has 0 bridgehead atoms. The van der Waals surface area contributed by atoms with Gasteiger partial charge in [-0.05, 0) is 25.3 Å². The maximum absolute atomic E-state index is 9.53. The van der Waals surface area contributed by atoms with Gasteiger partial charge in [-0.1, -0.05) is 37.3 Å². The summed E-state index contributed by atoms with van der Waals surface area (Å²) in [5.74, 6) is 0. The Labute approximate surface area is 127 Å². The molecule has 1 fully saturated rings.